The van der Waals surface area contributed by atoms with Crippen LogP contribution in [0.4, 0.5) is 8.78 Å². The third-order valence-electron chi connectivity index (χ3n) is 2.36. The van der Waals surface area contributed by atoms with E-state index in [0.29, 0.717) is 11.2 Å². The van der Waals surface area contributed by atoms with E-state index in [1.165, 1.54) is 6.07 Å². The Kier molecular flexibility index (Phi) is 5.59. The monoisotopic (exact) mass is 245 g/mol. The van der Waals surface area contributed by atoms with E-state index < -0.39 is 12.5 Å². The number of nitrogens with zero attached hydrogens (tertiary/aromatic N) is 2. The summed E-state index contributed by atoms with van der Waals surface area (Å²) in [6.07, 6.45) is 5.32. The summed E-state index contributed by atoms with van der Waals surface area (Å²) < 4.78 is 24.9. The maximum absolute atomic E-state index is 12.2. The molecule has 17 heavy (non-hydrogen) atoms. The molecule has 0 aliphatic rings. The normalized spacial score (nSPS) is 10.8. The van der Waals surface area contributed by atoms with Crippen molar-refractivity contribution in [2.75, 3.05) is 6.54 Å². The molecule has 0 saturated carbocycles. The smallest absolute Gasteiger partial charge is 0.333 e. The number of carbonyl (C=O) groups is 1. The summed E-state index contributed by atoms with van der Waals surface area (Å²) in [5.41, 5.74) is 0.0285. The summed E-state index contributed by atoms with van der Waals surface area (Å²) >= 11 is 0. The average Bonchev–Trinajstić information content (AvgIpc) is 2.78. The average molecular weight is 245 g/mol. The molecule has 0 aromatic carbocycles. The molecular formula is C11H17F2N3O. The maximum Gasteiger partial charge on any atom is 0.333 e. The first kappa shape index (κ1) is 13.6. The lowest BCUT2D eigenvalue weighted by atomic mass is 10.2. The highest BCUT2D eigenvalue weighted by Gasteiger charge is 2.12. The van der Waals surface area contributed by atoms with Crippen molar-refractivity contribution in [2.24, 2.45) is 0 Å². The molecule has 1 N–H and O–H groups in total. The Morgan fingerprint density at radius 1 is 1.47 bits per heavy atom. The summed E-state index contributed by atoms with van der Waals surface area (Å²) in [7, 11) is 0. The van der Waals surface area contributed by atoms with Gasteiger partial charge in [0.25, 0.3) is 5.91 Å². The summed E-state index contributed by atoms with van der Waals surface area (Å²) in [6.45, 7) is -0.0447. The molecule has 96 valence electrons. The van der Waals surface area contributed by atoms with Crippen molar-refractivity contribution < 1.29 is 13.6 Å². The van der Waals surface area contributed by atoms with Gasteiger partial charge in [0.05, 0.1) is 0 Å². The second kappa shape index (κ2) is 6.98. The molecule has 0 spiro atoms. The van der Waals surface area contributed by atoms with Gasteiger partial charge in [-0.1, -0.05) is 26.2 Å². The Hall–Kier alpha value is -1.46. The van der Waals surface area contributed by atoms with Crippen LogP contribution in [-0.4, -0.2) is 22.2 Å². The SMILES string of the molecule is CCCCCCNC(=O)c1ccn(C(F)F)n1. The number of carbonyl (C=O) groups excluding carboxylic acids is 1. The maximum atomic E-state index is 12.2. The van der Waals surface area contributed by atoms with Gasteiger partial charge in [-0.25, -0.2) is 4.68 Å². The van der Waals surface area contributed by atoms with E-state index in [4.69, 9.17) is 0 Å². The first-order valence-electron chi connectivity index (χ1n) is 5.76. The van der Waals surface area contributed by atoms with Crippen LogP contribution in [-0.2, 0) is 0 Å². The van der Waals surface area contributed by atoms with Crippen LogP contribution in [0.2, 0.25) is 0 Å². The molecule has 6 heteroatoms. The minimum Gasteiger partial charge on any atom is -0.351 e. The molecule has 1 aromatic rings. The number of unbranched alkanes of at least 4 members (excludes halogenated alkanes) is 3. The van der Waals surface area contributed by atoms with Gasteiger partial charge in [0.1, 0.15) is 5.69 Å². The first-order chi connectivity index (χ1) is 8.15. The standard InChI is InChI=1S/C11H17F2N3O/c1-2-3-4-5-7-14-10(17)9-6-8-16(15-9)11(12)13/h6,8,11H,2-5,7H2,1H3,(H,14,17). The highest BCUT2D eigenvalue weighted by atomic mass is 19.3. The van der Waals surface area contributed by atoms with Gasteiger partial charge in [0, 0.05) is 12.7 Å². The molecule has 0 saturated heterocycles. The van der Waals surface area contributed by atoms with Crippen LogP contribution in [0.1, 0.15) is 49.6 Å². The highest BCUT2D eigenvalue weighted by molar-refractivity contribution is 5.92. The number of rotatable bonds is 7. The van der Waals surface area contributed by atoms with Gasteiger partial charge in [-0.2, -0.15) is 13.9 Å². The van der Waals surface area contributed by atoms with Crippen molar-refractivity contribution in [2.45, 2.75) is 39.2 Å². The summed E-state index contributed by atoms with van der Waals surface area (Å²) in [5, 5.41) is 6.13. The van der Waals surface area contributed by atoms with Gasteiger partial charge in [0.2, 0.25) is 0 Å². The quantitative estimate of drug-likeness (QED) is 0.750. The predicted molar refractivity (Wildman–Crippen MR) is 60.0 cm³/mol. The zero-order valence-electron chi connectivity index (χ0n) is 9.83. The molecule has 0 radical (unpaired) electrons. The molecule has 0 atom stereocenters. The number of hydrogen-bond acceptors (Lipinski definition) is 2. The van der Waals surface area contributed by atoms with E-state index in [1.807, 2.05) is 0 Å². The number of amides is 1. The van der Waals surface area contributed by atoms with Crippen molar-refractivity contribution >= 4 is 5.91 Å². The van der Waals surface area contributed by atoms with E-state index >= 15 is 0 Å². The van der Waals surface area contributed by atoms with Crippen molar-refractivity contribution in [1.82, 2.24) is 15.1 Å². The Morgan fingerprint density at radius 3 is 2.82 bits per heavy atom. The topological polar surface area (TPSA) is 46.9 Å². The lowest BCUT2D eigenvalue weighted by Crippen LogP contribution is -2.25. The fourth-order valence-corrected chi connectivity index (χ4v) is 1.41. The van der Waals surface area contributed by atoms with Crippen LogP contribution in [0.25, 0.3) is 0 Å². The van der Waals surface area contributed by atoms with Crippen molar-refractivity contribution in [3.63, 3.8) is 0 Å². The molecule has 1 heterocycles. The van der Waals surface area contributed by atoms with Crippen molar-refractivity contribution in [3.8, 4) is 0 Å². The summed E-state index contributed by atoms with van der Waals surface area (Å²) in [5.74, 6) is -0.402. The molecule has 1 aromatic heterocycles. The number of halogens is 2. The van der Waals surface area contributed by atoms with Crippen LogP contribution >= 0.6 is 0 Å². The molecule has 4 nitrogen and oxygen atoms in total. The van der Waals surface area contributed by atoms with Gasteiger partial charge in [-0.05, 0) is 12.5 Å². The summed E-state index contributed by atoms with van der Waals surface area (Å²) in [6, 6.07) is 1.29. The van der Waals surface area contributed by atoms with Crippen LogP contribution in [0.3, 0.4) is 0 Å². The van der Waals surface area contributed by atoms with E-state index in [2.05, 4.69) is 17.3 Å². The molecule has 0 aliphatic heterocycles. The lowest BCUT2D eigenvalue weighted by Gasteiger charge is -2.02. The second-order valence-corrected chi connectivity index (χ2v) is 3.78. The fraction of sp³-hybridized carbons (Fsp3) is 0.636. The van der Waals surface area contributed by atoms with Gasteiger partial charge >= 0.3 is 6.55 Å². The van der Waals surface area contributed by atoms with E-state index in [1.54, 1.807) is 0 Å². The summed E-state index contributed by atoms with van der Waals surface area (Å²) in [4.78, 5) is 11.5. The van der Waals surface area contributed by atoms with Gasteiger partial charge in [-0.15, -0.1) is 0 Å². The molecular weight excluding hydrogens is 228 g/mol. The highest BCUT2D eigenvalue weighted by Crippen LogP contribution is 2.08. The van der Waals surface area contributed by atoms with E-state index in [-0.39, 0.29) is 5.69 Å². The Balaban J connectivity index is 2.31. The van der Waals surface area contributed by atoms with Gasteiger partial charge in [-0.3, -0.25) is 4.79 Å². The molecule has 0 fully saturated rings. The molecule has 0 unspecified atom stereocenters. The fourth-order valence-electron chi connectivity index (χ4n) is 1.41. The van der Waals surface area contributed by atoms with Crippen LogP contribution in [0.5, 0.6) is 0 Å². The number of alkyl halides is 2. The minimum absolute atomic E-state index is 0.0285. The van der Waals surface area contributed by atoms with E-state index in [0.717, 1.165) is 31.9 Å². The van der Waals surface area contributed by atoms with Crippen LogP contribution in [0.15, 0.2) is 12.3 Å². The minimum atomic E-state index is -2.71. The van der Waals surface area contributed by atoms with Crippen molar-refractivity contribution in [3.05, 3.63) is 18.0 Å². The molecule has 0 bridgehead atoms. The van der Waals surface area contributed by atoms with Crippen LogP contribution in [0, 0.1) is 0 Å². The van der Waals surface area contributed by atoms with Gasteiger partial charge in [0.15, 0.2) is 0 Å². The van der Waals surface area contributed by atoms with Crippen molar-refractivity contribution in [1.29, 1.82) is 0 Å². The predicted octanol–water partition coefficient (Wildman–Crippen LogP) is 2.59. The zero-order chi connectivity index (χ0) is 12.7. The Labute approximate surface area is 99.0 Å². The third kappa shape index (κ3) is 4.50. The Bertz CT molecular complexity index is 352. The van der Waals surface area contributed by atoms with E-state index in [9.17, 15) is 13.6 Å². The number of aromatic nitrogens is 2. The van der Waals surface area contributed by atoms with Crippen LogP contribution < -0.4 is 5.32 Å². The zero-order valence-corrected chi connectivity index (χ0v) is 9.83. The number of hydrogen-bond donors (Lipinski definition) is 1. The number of nitrogens with one attached hydrogen (secondary N) is 1. The first-order valence-corrected chi connectivity index (χ1v) is 5.76. The lowest BCUT2D eigenvalue weighted by molar-refractivity contribution is 0.0560. The molecule has 0 aliphatic carbocycles. The molecule has 1 rings (SSSR count). The van der Waals surface area contributed by atoms with Gasteiger partial charge < -0.3 is 5.32 Å². The molecule has 1 amide bonds. The largest absolute Gasteiger partial charge is 0.351 e. The second-order valence-electron chi connectivity index (χ2n) is 3.78. The third-order valence-corrected chi connectivity index (χ3v) is 2.36. The Morgan fingerprint density at radius 2 is 2.24 bits per heavy atom.